The fourth-order valence-electron chi connectivity index (χ4n) is 4.08. The molecule has 1 heterocycles. The highest BCUT2D eigenvalue weighted by Crippen LogP contribution is 2.36. The molecule has 2 aromatic rings. The number of carbonyl (C=O) groups excluding carboxylic acids is 2. The minimum absolute atomic E-state index is 0.0484. The first-order valence-corrected chi connectivity index (χ1v) is 12.8. The third-order valence-corrected chi connectivity index (χ3v) is 7.36. The van der Waals surface area contributed by atoms with Crippen LogP contribution >= 0.6 is 11.6 Å². The van der Waals surface area contributed by atoms with E-state index in [9.17, 15) is 18.0 Å². The largest absolute Gasteiger partial charge is 0.469 e. The van der Waals surface area contributed by atoms with Crippen molar-refractivity contribution in [2.45, 2.75) is 55.9 Å². The van der Waals surface area contributed by atoms with Crippen molar-refractivity contribution in [3.63, 3.8) is 0 Å². The zero-order valence-electron chi connectivity index (χ0n) is 18.2. The van der Waals surface area contributed by atoms with Crippen LogP contribution in [0, 0.1) is 5.92 Å². The molecular formula is C22H28ClN3O5S. The lowest BCUT2D eigenvalue weighted by atomic mass is 9.87. The molecule has 1 aromatic heterocycles. The van der Waals surface area contributed by atoms with Gasteiger partial charge in [-0.1, -0.05) is 43.4 Å². The number of aryl methyl sites for hydroxylation is 1. The monoisotopic (exact) mass is 481 g/mol. The molecule has 3 rings (SSSR count). The maximum atomic E-state index is 13.2. The standard InChI is InChI=1S/C22H28ClN3O5S/c1-31-21(27)10-12-26-11-9-20(25-26)24-22(28)17(13-15-5-3-4-6-15)16-7-8-19(18(23)14-16)32(2,29)30/h7-9,11,14-15,17H,3-6,10,12-13H2,1-2H3,(H,24,25,28). The van der Waals surface area contributed by atoms with Gasteiger partial charge < -0.3 is 10.1 Å². The number of hydrogen-bond acceptors (Lipinski definition) is 6. The third kappa shape index (κ3) is 6.32. The summed E-state index contributed by atoms with van der Waals surface area (Å²) in [4.78, 5) is 24.6. The lowest BCUT2D eigenvalue weighted by Crippen LogP contribution is -2.23. The lowest BCUT2D eigenvalue weighted by Gasteiger charge is -2.21. The number of aromatic nitrogens is 2. The van der Waals surface area contributed by atoms with Crippen LogP contribution in [0.15, 0.2) is 35.4 Å². The van der Waals surface area contributed by atoms with Crippen LogP contribution < -0.4 is 5.32 Å². The molecule has 1 atom stereocenters. The normalized spacial score (nSPS) is 15.5. The number of nitrogens with one attached hydrogen (secondary N) is 1. The van der Waals surface area contributed by atoms with E-state index in [1.165, 1.54) is 13.2 Å². The van der Waals surface area contributed by atoms with Crippen LogP contribution in [0.1, 0.15) is 50.0 Å². The summed E-state index contributed by atoms with van der Waals surface area (Å²) in [5.41, 5.74) is 0.678. The summed E-state index contributed by atoms with van der Waals surface area (Å²) in [5.74, 6) is -0.230. The van der Waals surface area contributed by atoms with Gasteiger partial charge in [0.15, 0.2) is 15.7 Å². The van der Waals surface area contributed by atoms with Gasteiger partial charge in [-0.25, -0.2) is 8.42 Å². The molecule has 8 nitrogen and oxygen atoms in total. The van der Waals surface area contributed by atoms with E-state index in [0.29, 0.717) is 30.3 Å². The van der Waals surface area contributed by atoms with Crippen LogP contribution in [0.4, 0.5) is 5.82 Å². The number of benzene rings is 1. The van der Waals surface area contributed by atoms with E-state index < -0.39 is 15.8 Å². The Bertz CT molecular complexity index is 1080. The first-order valence-electron chi connectivity index (χ1n) is 10.6. The molecule has 0 bridgehead atoms. The van der Waals surface area contributed by atoms with Crippen LogP contribution in [-0.4, -0.2) is 43.4 Å². The molecule has 0 aliphatic heterocycles. The summed E-state index contributed by atoms with van der Waals surface area (Å²) in [7, 11) is -2.13. The SMILES string of the molecule is COC(=O)CCn1ccc(NC(=O)C(CC2CCCC2)c2ccc(S(C)(=O)=O)c(Cl)c2)n1. The number of halogens is 1. The van der Waals surface area contributed by atoms with Gasteiger partial charge in [-0.05, 0) is 30.0 Å². The van der Waals surface area contributed by atoms with E-state index in [1.54, 1.807) is 29.1 Å². The topological polar surface area (TPSA) is 107 Å². The Kier molecular flexibility index (Phi) is 7.95. The van der Waals surface area contributed by atoms with Gasteiger partial charge in [0.1, 0.15) is 0 Å². The summed E-state index contributed by atoms with van der Waals surface area (Å²) in [6.45, 7) is 0.344. The van der Waals surface area contributed by atoms with Crippen LogP contribution in [0.5, 0.6) is 0 Å². The first-order chi connectivity index (χ1) is 15.2. The molecule has 0 spiro atoms. The molecule has 1 unspecified atom stereocenters. The Balaban J connectivity index is 1.78. The van der Waals surface area contributed by atoms with Crippen molar-refractivity contribution >= 4 is 39.1 Å². The smallest absolute Gasteiger partial charge is 0.307 e. The van der Waals surface area contributed by atoms with E-state index in [2.05, 4.69) is 15.2 Å². The van der Waals surface area contributed by atoms with Crippen molar-refractivity contribution in [1.29, 1.82) is 0 Å². The molecule has 10 heteroatoms. The van der Waals surface area contributed by atoms with Crippen LogP contribution in [0.2, 0.25) is 5.02 Å². The van der Waals surface area contributed by atoms with Gasteiger partial charge in [0.2, 0.25) is 5.91 Å². The van der Waals surface area contributed by atoms with Crippen molar-refractivity contribution in [2.75, 3.05) is 18.7 Å². The Morgan fingerprint density at radius 2 is 2.00 bits per heavy atom. The minimum Gasteiger partial charge on any atom is -0.469 e. The van der Waals surface area contributed by atoms with Gasteiger partial charge in [0.25, 0.3) is 0 Å². The van der Waals surface area contributed by atoms with Gasteiger partial charge >= 0.3 is 5.97 Å². The molecule has 174 valence electrons. The van der Waals surface area contributed by atoms with Gasteiger partial charge in [-0.3, -0.25) is 14.3 Å². The molecule has 1 aliphatic rings. The quantitative estimate of drug-likeness (QED) is 0.546. The number of rotatable bonds is 9. The molecule has 0 saturated heterocycles. The molecule has 1 aromatic carbocycles. The summed E-state index contributed by atoms with van der Waals surface area (Å²) in [6, 6.07) is 6.37. The molecule has 1 saturated carbocycles. The molecule has 1 amide bonds. The van der Waals surface area contributed by atoms with E-state index in [4.69, 9.17) is 11.6 Å². The zero-order valence-corrected chi connectivity index (χ0v) is 19.8. The van der Waals surface area contributed by atoms with Crippen LogP contribution in [-0.2, 0) is 30.7 Å². The number of methoxy groups -OCH3 is 1. The minimum atomic E-state index is -3.46. The maximum absolute atomic E-state index is 13.2. The number of sulfone groups is 1. The molecule has 1 aliphatic carbocycles. The highest BCUT2D eigenvalue weighted by Gasteiger charge is 2.28. The van der Waals surface area contributed by atoms with Gasteiger partial charge in [-0.2, -0.15) is 5.10 Å². The van der Waals surface area contributed by atoms with Gasteiger partial charge in [-0.15, -0.1) is 0 Å². The maximum Gasteiger partial charge on any atom is 0.307 e. The number of esters is 1. The lowest BCUT2D eigenvalue weighted by molar-refractivity contribution is -0.140. The Hall–Kier alpha value is -2.39. The number of amides is 1. The van der Waals surface area contributed by atoms with Gasteiger partial charge in [0, 0.05) is 18.5 Å². The van der Waals surface area contributed by atoms with E-state index in [1.807, 2.05) is 0 Å². The second-order valence-corrected chi connectivity index (χ2v) is 10.6. The average molecular weight is 482 g/mol. The Morgan fingerprint density at radius 1 is 1.28 bits per heavy atom. The van der Waals surface area contributed by atoms with Crippen molar-refractivity contribution in [3.8, 4) is 0 Å². The molecule has 0 radical (unpaired) electrons. The summed E-state index contributed by atoms with van der Waals surface area (Å²) in [5, 5.41) is 7.26. The van der Waals surface area contributed by atoms with E-state index >= 15 is 0 Å². The van der Waals surface area contributed by atoms with E-state index in [-0.39, 0.29) is 28.2 Å². The molecule has 1 N–H and O–H groups in total. The number of hydrogen-bond donors (Lipinski definition) is 1. The predicted molar refractivity (Wildman–Crippen MR) is 121 cm³/mol. The average Bonchev–Trinajstić information content (AvgIpc) is 3.41. The molecular weight excluding hydrogens is 454 g/mol. The Morgan fingerprint density at radius 3 is 2.62 bits per heavy atom. The fourth-order valence-corrected chi connectivity index (χ4v) is 5.42. The number of ether oxygens (including phenoxy) is 1. The second kappa shape index (κ2) is 10.5. The molecule has 32 heavy (non-hydrogen) atoms. The number of carbonyl (C=O) groups is 2. The summed E-state index contributed by atoms with van der Waals surface area (Å²) in [6.07, 6.45) is 8.07. The first kappa shape index (κ1) is 24.3. The van der Waals surface area contributed by atoms with Crippen molar-refractivity contribution < 1.29 is 22.7 Å². The number of anilines is 1. The summed E-state index contributed by atoms with van der Waals surface area (Å²) < 4.78 is 30.0. The van der Waals surface area contributed by atoms with Crippen LogP contribution in [0.25, 0.3) is 0 Å². The van der Waals surface area contributed by atoms with Crippen molar-refractivity contribution in [3.05, 3.63) is 41.0 Å². The van der Waals surface area contributed by atoms with Crippen molar-refractivity contribution in [1.82, 2.24) is 9.78 Å². The van der Waals surface area contributed by atoms with Crippen LogP contribution in [0.3, 0.4) is 0 Å². The fraction of sp³-hybridized carbons (Fsp3) is 0.500. The van der Waals surface area contributed by atoms with Crippen molar-refractivity contribution in [2.24, 2.45) is 5.92 Å². The number of nitrogens with zero attached hydrogens (tertiary/aromatic N) is 2. The summed E-state index contributed by atoms with van der Waals surface area (Å²) >= 11 is 6.25. The highest BCUT2D eigenvalue weighted by molar-refractivity contribution is 7.90. The molecule has 1 fully saturated rings. The zero-order chi connectivity index (χ0) is 23.3. The van der Waals surface area contributed by atoms with E-state index in [0.717, 1.165) is 31.9 Å². The second-order valence-electron chi connectivity index (χ2n) is 8.18. The Labute approximate surface area is 193 Å². The predicted octanol–water partition coefficient (Wildman–Crippen LogP) is 3.81. The van der Waals surface area contributed by atoms with Gasteiger partial charge in [0.05, 0.1) is 35.9 Å². The third-order valence-electron chi connectivity index (χ3n) is 5.78. The highest BCUT2D eigenvalue weighted by atomic mass is 35.5.